The maximum absolute atomic E-state index is 12.7. The molecule has 6 nitrogen and oxygen atoms in total. The van der Waals surface area contributed by atoms with Crippen LogP contribution in [0.15, 0.2) is 66.7 Å². The van der Waals surface area contributed by atoms with Gasteiger partial charge in [-0.15, -0.1) is 11.8 Å². The molecule has 8 heteroatoms. The zero-order chi connectivity index (χ0) is 22.1. The standard InChI is InChI=1S/C24H19ClN2O4S/c25-17-5-1-15(2-6-17)23(29)26-18-7-3-16(4-8-18)24-27(22(28)14-32-24)19-9-10-20-21(13-19)31-12-11-30-20/h1-10,13,24H,11-12,14H2,(H,26,29)/t24-/m1/s1. The highest BCUT2D eigenvalue weighted by Crippen LogP contribution is 2.44. The number of anilines is 2. The van der Waals surface area contributed by atoms with E-state index in [4.69, 9.17) is 21.1 Å². The molecule has 2 amide bonds. The highest BCUT2D eigenvalue weighted by molar-refractivity contribution is 8.00. The van der Waals surface area contributed by atoms with Gasteiger partial charge in [0.1, 0.15) is 18.6 Å². The molecule has 0 spiro atoms. The molecule has 3 aromatic carbocycles. The van der Waals surface area contributed by atoms with Crippen LogP contribution in [0.25, 0.3) is 0 Å². The van der Waals surface area contributed by atoms with Crippen molar-refractivity contribution < 1.29 is 19.1 Å². The van der Waals surface area contributed by atoms with Crippen LogP contribution in [0, 0.1) is 0 Å². The van der Waals surface area contributed by atoms with E-state index in [0.717, 1.165) is 11.3 Å². The van der Waals surface area contributed by atoms with E-state index in [2.05, 4.69) is 5.32 Å². The first-order chi connectivity index (χ1) is 15.6. The molecule has 2 aliphatic heterocycles. The van der Waals surface area contributed by atoms with E-state index in [0.29, 0.717) is 46.7 Å². The maximum Gasteiger partial charge on any atom is 0.255 e. The molecule has 5 rings (SSSR count). The largest absolute Gasteiger partial charge is 0.486 e. The number of nitrogens with zero attached hydrogens (tertiary/aromatic N) is 1. The molecule has 1 atom stereocenters. The van der Waals surface area contributed by atoms with Crippen LogP contribution in [0.4, 0.5) is 11.4 Å². The smallest absolute Gasteiger partial charge is 0.255 e. The predicted molar refractivity (Wildman–Crippen MR) is 126 cm³/mol. The zero-order valence-corrected chi connectivity index (χ0v) is 18.5. The van der Waals surface area contributed by atoms with Crippen LogP contribution < -0.4 is 19.7 Å². The van der Waals surface area contributed by atoms with Crippen LogP contribution in [0.5, 0.6) is 11.5 Å². The lowest BCUT2D eigenvalue weighted by molar-refractivity contribution is -0.115. The van der Waals surface area contributed by atoms with Gasteiger partial charge in [0.25, 0.3) is 5.91 Å². The molecule has 0 aliphatic carbocycles. The molecule has 0 saturated carbocycles. The van der Waals surface area contributed by atoms with Gasteiger partial charge in [-0.25, -0.2) is 0 Å². The second-order valence-corrected chi connectivity index (χ2v) is 8.84. The number of halogens is 1. The van der Waals surface area contributed by atoms with Crippen molar-refractivity contribution in [1.82, 2.24) is 0 Å². The number of carbonyl (C=O) groups is 2. The molecule has 2 aliphatic rings. The molecular formula is C24H19ClN2O4S. The predicted octanol–water partition coefficient (Wildman–Crippen LogP) is 5.14. The number of benzene rings is 3. The summed E-state index contributed by atoms with van der Waals surface area (Å²) in [6.07, 6.45) is 0. The van der Waals surface area contributed by atoms with Crippen molar-refractivity contribution >= 4 is 46.6 Å². The summed E-state index contributed by atoms with van der Waals surface area (Å²) in [6.45, 7) is 1.01. The highest BCUT2D eigenvalue weighted by Gasteiger charge is 2.34. The Hall–Kier alpha value is -3.16. The summed E-state index contributed by atoms with van der Waals surface area (Å²) in [4.78, 5) is 26.9. The third-order valence-corrected chi connectivity index (χ3v) is 6.70. The van der Waals surface area contributed by atoms with E-state index in [1.165, 1.54) is 0 Å². The van der Waals surface area contributed by atoms with Crippen LogP contribution in [-0.2, 0) is 4.79 Å². The molecule has 2 heterocycles. The van der Waals surface area contributed by atoms with Gasteiger partial charge in [0.2, 0.25) is 5.91 Å². The first kappa shape index (κ1) is 20.7. The first-order valence-corrected chi connectivity index (χ1v) is 11.5. The zero-order valence-electron chi connectivity index (χ0n) is 16.9. The number of ether oxygens (including phenoxy) is 2. The molecule has 162 valence electrons. The molecule has 1 fully saturated rings. The third kappa shape index (κ3) is 4.13. The molecule has 1 saturated heterocycles. The normalized spacial score (nSPS) is 17.3. The Balaban J connectivity index is 1.34. The van der Waals surface area contributed by atoms with Gasteiger partial charge in [0.05, 0.1) is 5.75 Å². The third-order valence-electron chi connectivity index (χ3n) is 5.23. The second kappa shape index (κ2) is 8.76. The Labute approximate surface area is 194 Å². The lowest BCUT2D eigenvalue weighted by Crippen LogP contribution is -2.28. The van der Waals surface area contributed by atoms with Crippen LogP contribution in [0.3, 0.4) is 0 Å². The molecule has 32 heavy (non-hydrogen) atoms. The Morgan fingerprint density at radius 3 is 2.44 bits per heavy atom. The topological polar surface area (TPSA) is 67.9 Å². The number of rotatable bonds is 4. The van der Waals surface area contributed by atoms with Crippen molar-refractivity contribution in [3.05, 3.63) is 82.9 Å². The Bertz CT molecular complexity index is 1170. The van der Waals surface area contributed by atoms with Gasteiger partial charge in [0.15, 0.2) is 11.5 Å². The highest BCUT2D eigenvalue weighted by atomic mass is 35.5. The molecule has 3 aromatic rings. The fourth-order valence-electron chi connectivity index (χ4n) is 3.67. The summed E-state index contributed by atoms with van der Waals surface area (Å²) in [6, 6.07) is 19.8. The minimum Gasteiger partial charge on any atom is -0.486 e. The van der Waals surface area contributed by atoms with Gasteiger partial charge in [-0.05, 0) is 54.1 Å². The summed E-state index contributed by atoms with van der Waals surface area (Å²) in [5, 5.41) is 3.30. The average molecular weight is 467 g/mol. The van der Waals surface area contributed by atoms with Gasteiger partial charge < -0.3 is 14.8 Å². The number of hydrogen-bond donors (Lipinski definition) is 1. The van der Waals surface area contributed by atoms with E-state index >= 15 is 0 Å². The summed E-state index contributed by atoms with van der Waals surface area (Å²) >= 11 is 7.45. The van der Waals surface area contributed by atoms with Crippen molar-refractivity contribution in [2.45, 2.75) is 5.37 Å². The average Bonchev–Trinajstić information content (AvgIpc) is 3.21. The van der Waals surface area contributed by atoms with E-state index in [1.54, 1.807) is 40.9 Å². The summed E-state index contributed by atoms with van der Waals surface area (Å²) in [5.41, 5.74) is 2.95. The Morgan fingerprint density at radius 1 is 0.969 bits per heavy atom. The molecule has 1 N–H and O–H groups in total. The molecule has 0 aromatic heterocycles. The fraction of sp³-hybridized carbons (Fsp3) is 0.167. The van der Waals surface area contributed by atoms with Crippen LogP contribution in [0.1, 0.15) is 21.3 Å². The summed E-state index contributed by atoms with van der Waals surface area (Å²) in [5.74, 6) is 1.57. The Morgan fingerprint density at radius 2 is 1.69 bits per heavy atom. The van der Waals surface area contributed by atoms with Gasteiger partial charge >= 0.3 is 0 Å². The second-order valence-electron chi connectivity index (χ2n) is 7.34. The number of nitrogens with one attached hydrogen (secondary N) is 1. The lowest BCUT2D eigenvalue weighted by Gasteiger charge is -2.26. The molecule has 0 bridgehead atoms. The van der Waals surface area contributed by atoms with E-state index in [9.17, 15) is 9.59 Å². The number of hydrogen-bond acceptors (Lipinski definition) is 5. The van der Waals surface area contributed by atoms with Gasteiger partial charge in [-0.2, -0.15) is 0 Å². The van der Waals surface area contributed by atoms with Gasteiger partial charge in [-0.1, -0.05) is 23.7 Å². The minimum atomic E-state index is -0.210. The van der Waals surface area contributed by atoms with E-state index in [-0.39, 0.29) is 17.2 Å². The number of carbonyl (C=O) groups excluding carboxylic acids is 2. The number of amides is 2. The van der Waals surface area contributed by atoms with Crippen molar-refractivity contribution in [3.63, 3.8) is 0 Å². The lowest BCUT2D eigenvalue weighted by atomic mass is 10.1. The SMILES string of the molecule is O=C(Nc1ccc([C@H]2SCC(=O)N2c2ccc3c(c2)OCCO3)cc1)c1ccc(Cl)cc1. The van der Waals surface area contributed by atoms with E-state index in [1.807, 2.05) is 42.5 Å². The molecular weight excluding hydrogens is 448 g/mol. The van der Waals surface area contributed by atoms with Crippen LogP contribution >= 0.6 is 23.4 Å². The first-order valence-electron chi connectivity index (χ1n) is 10.1. The van der Waals surface area contributed by atoms with Crippen molar-refractivity contribution in [3.8, 4) is 11.5 Å². The van der Waals surface area contributed by atoms with Crippen molar-refractivity contribution in [2.24, 2.45) is 0 Å². The van der Waals surface area contributed by atoms with Crippen molar-refractivity contribution in [1.29, 1.82) is 0 Å². The quantitative estimate of drug-likeness (QED) is 0.576. The van der Waals surface area contributed by atoms with Gasteiger partial charge in [0, 0.05) is 28.0 Å². The van der Waals surface area contributed by atoms with E-state index < -0.39 is 0 Å². The molecule has 0 unspecified atom stereocenters. The molecule has 0 radical (unpaired) electrons. The minimum absolute atomic E-state index is 0.0387. The number of fused-ring (bicyclic) bond motifs is 1. The number of thioether (sulfide) groups is 1. The van der Waals surface area contributed by atoms with Crippen LogP contribution in [0.2, 0.25) is 5.02 Å². The summed E-state index contributed by atoms with van der Waals surface area (Å²) in [7, 11) is 0. The van der Waals surface area contributed by atoms with Crippen molar-refractivity contribution in [2.75, 3.05) is 29.2 Å². The van der Waals surface area contributed by atoms with Crippen LogP contribution in [-0.4, -0.2) is 30.8 Å². The maximum atomic E-state index is 12.7. The summed E-state index contributed by atoms with van der Waals surface area (Å²) < 4.78 is 11.3. The Kier molecular flexibility index (Phi) is 5.68. The monoisotopic (exact) mass is 466 g/mol. The van der Waals surface area contributed by atoms with Gasteiger partial charge in [-0.3, -0.25) is 14.5 Å². The fourth-order valence-corrected chi connectivity index (χ4v) is 4.97.